The SMILES string of the molecule is Cc1cc(C)n(C(=O)CN2CCCC[C@H]2c2nc(C3CC3)no2)n1. The molecule has 7 nitrogen and oxygen atoms in total. The number of rotatable bonds is 4. The third-order valence-electron chi connectivity index (χ3n) is 4.88. The van der Waals surface area contributed by atoms with Crippen LogP contribution in [0.25, 0.3) is 0 Å². The van der Waals surface area contributed by atoms with Crippen molar-refractivity contribution in [2.24, 2.45) is 0 Å². The summed E-state index contributed by atoms with van der Waals surface area (Å²) in [6.45, 7) is 5.01. The van der Waals surface area contributed by atoms with Crippen LogP contribution in [-0.2, 0) is 0 Å². The Morgan fingerprint density at radius 3 is 2.83 bits per heavy atom. The predicted octanol–water partition coefficient (Wildman–Crippen LogP) is 2.63. The smallest absolute Gasteiger partial charge is 0.261 e. The second-order valence-electron chi connectivity index (χ2n) is 6.98. The minimum Gasteiger partial charge on any atom is -0.338 e. The van der Waals surface area contributed by atoms with E-state index < -0.39 is 0 Å². The van der Waals surface area contributed by atoms with Crippen LogP contribution in [0.15, 0.2) is 10.6 Å². The number of piperidine rings is 1. The number of carbonyl (C=O) groups is 1. The molecule has 128 valence electrons. The zero-order valence-corrected chi connectivity index (χ0v) is 14.2. The maximum absolute atomic E-state index is 12.6. The fourth-order valence-electron chi connectivity index (χ4n) is 3.47. The Bertz CT molecular complexity index is 746. The lowest BCUT2D eigenvalue weighted by atomic mass is 10.0. The van der Waals surface area contributed by atoms with Crippen LogP contribution < -0.4 is 0 Å². The molecular weight excluding hydrogens is 306 g/mol. The van der Waals surface area contributed by atoms with Gasteiger partial charge in [0.15, 0.2) is 5.82 Å². The molecule has 0 N–H and O–H groups in total. The van der Waals surface area contributed by atoms with Crippen LogP contribution in [0.3, 0.4) is 0 Å². The van der Waals surface area contributed by atoms with Crippen molar-refractivity contribution in [2.75, 3.05) is 13.1 Å². The first-order valence-corrected chi connectivity index (χ1v) is 8.76. The summed E-state index contributed by atoms with van der Waals surface area (Å²) in [5.41, 5.74) is 1.74. The van der Waals surface area contributed by atoms with Crippen LogP contribution >= 0.6 is 0 Å². The van der Waals surface area contributed by atoms with Gasteiger partial charge in [-0.3, -0.25) is 9.69 Å². The van der Waals surface area contributed by atoms with Gasteiger partial charge in [0.2, 0.25) is 5.89 Å². The highest BCUT2D eigenvalue weighted by Crippen LogP contribution is 2.39. The number of hydrogen-bond acceptors (Lipinski definition) is 6. The molecule has 2 fully saturated rings. The van der Waals surface area contributed by atoms with Crippen molar-refractivity contribution in [3.05, 3.63) is 29.2 Å². The molecule has 0 amide bonds. The minimum atomic E-state index is -0.00516. The molecule has 24 heavy (non-hydrogen) atoms. The topological polar surface area (TPSA) is 77.0 Å². The zero-order chi connectivity index (χ0) is 16.7. The predicted molar refractivity (Wildman–Crippen MR) is 86.8 cm³/mol. The van der Waals surface area contributed by atoms with E-state index in [1.165, 1.54) is 4.68 Å². The van der Waals surface area contributed by atoms with Crippen molar-refractivity contribution < 1.29 is 9.32 Å². The Kier molecular flexibility index (Phi) is 3.96. The molecule has 1 saturated heterocycles. The molecule has 7 heteroatoms. The van der Waals surface area contributed by atoms with Gasteiger partial charge in [-0.05, 0) is 52.1 Å². The van der Waals surface area contributed by atoms with E-state index in [-0.39, 0.29) is 11.9 Å². The van der Waals surface area contributed by atoms with Crippen LogP contribution in [0.2, 0.25) is 0 Å². The number of aromatic nitrogens is 4. The summed E-state index contributed by atoms with van der Waals surface area (Å²) < 4.78 is 7.02. The van der Waals surface area contributed by atoms with Gasteiger partial charge in [-0.15, -0.1) is 0 Å². The van der Waals surface area contributed by atoms with Crippen molar-refractivity contribution in [1.29, 1.82) is 0 Å². The van der Waals surface area contributed by atoms with Gasteiger partial charge in [0.1, 0.15) is 0 Å². The second-order valence-corrected chi connectivity index (χ2v) is 6.98. The third-order valence-corrected chi connectivity index (χ3v) is 4.88. The van der Waals surface area contributed by atoms with E-state index in [0.717, 1.165) is 55.9 Å². The molecule has 0 unspecified atom stereocenters. The summed E-state index contributed by atoms with van der Waals surface area (Å²) in [6.07, 6.45) is 5.48. The second kappa shape index (κ2) is 6.12. The summed E-state index contributed by atoms with van der Waals surface area (Å²) in [5.74, 6) is 1.98. The molecule has 1 saturated carbocycles. The number of carbonyl (C=O) groups excluding carboxylic acids is 1. The Hall–Kier alpha value is -2.02. The Morgan fingerprint density at radius 1 is 1.29 bits per heavy atom. The number of hydrogen-bond donors (Lipinski definition) is 0. The first-order valence-electron chi connectivity index (χ1n) is 8.76. The van der Waals surface area contributed by atoms with Gasteiger partial charge in [0.05, 0.1) is 18.3 Å². The third kappa shape index (κ3) is 3.00. The van der Waals surface area contributed by atoms with Gasteiger partial charge in [-0.25, -0.2) is 4.68 Å². The largest absolute Gasteiger partial charge is 0.338 e. The van der Waals surface area contributed by atoms with Gasteiger partial charge in [0, 0.05) is 11.6 Å². The summed E-state index contributed by atoms with van der Waals surface area (Å²) >= 11 is 0. The van der Waals surface area contributed by atoms with Crippen LogP contribution in [-0.4, -0.2) is 43.8 Å². The van der Waals surface area contributed by atoms with Gasteiger partial charge in [0.25, 0.3) is 5.91 Å². The molecule has 0 aromatic carbocycles. The molecule has 4 rings (SSSR count). The van der Waals surface area contributed by atoms with Crippen molar-refractivity contribution in [1.82, 2.24) is 24.8 Å². The molecule has 3 heterocycles. The molecule has 2 aromatic rings. The Labute approximate surface area is 141 Å². The van der Waals surface area contributed by atoms with Gasteiger partial charge >= 0.3 is 0 Å². The van der Waals surface area contributed by atoms with E-state index in [9.17, 15) is 4.79 Å². The Balaban J connectivity index is 1.51. The average molecular weight is 329 g/mol. The van der Waals surface area contributed by atoms with Gasteiger partial charge < -0.3 is 4.52 Å². The lowest BCUT2D eigenvalue weighted by molar-refractivity contribution is 0.0700. The highest BCUT2D eigenvalue weighted by atomic mass is 16.5. The Morgan fingerprint density at radius 2 is 2.12 bits per heavy atom. The number of likely N-dealkylation sites (tertiary alicyclic amines) is 1. The lowest BCUT2D eigenvalue weighted by Crippen LogP contribution is -2.39. The maximum Gasteiger partial charge on any atom is 0.261 e. The van der Waals surface area contributed by atoms with E-state index in [1.807, 2.05) is 19.9 Å². The number of nitrogens with zero attached hydrogens (tertiary/aromatic N) is 5. The standard InChI is InChI=1S/C17H23N5O2/c1-11-9-12(2)22(19-11)15(23)10-21-8-4-3-5-14(21)17-18-16(20-24-17)13-6-7-13/h9,13-14H,3-8,10H2,1-2H3/t14-/m0/s1. The van der Waals surface area contributed by atoms with E-state index in [0.29, 0.717) is 18.4 Å². The van der Waals surface area contributed by atoms with Gasteiger partial charge in [-0.1, -0.05) is 11.6 Å². The van der Waals surface area contributed by atoms with E-state index in [4.69, 9.17) is 4.52 Å². The van der Waals surface area contributed by atoms with Crippen LogP contribution in [0, 0.1) is 13.8 Å². The normalized spacial score (nSPS) is 22.0. The molecule has 1 aliphatic carbocycles. The first kappa shape index (κ1) is 15.5. The molecular formula is C17H23N5O2. The zero-order valence-electron chi connectivity index (χ0n) is 14.2. The van der Waals surface area contributed by atoms with Crippen molar-refractivity contribution in [3.8, 4) is 0 Å². The van der Waals surface area contributed by atoms with E-state index in [2.05, 4.69) is 20.1 Å². The van der Waals surface area contributed by atoms with Crippen LogP contribution in [0.4, 0.5) is 0 Å². The fraction of sp³-hybridized carbons (Fsp3) is 0.647. The van der Waals surface area contributed by atoms with Crippen molar-refractivity contribution in [3.63, 3.8) is 0 Å². The van der Waals surface area contributed by atoms with Crippen LogP contribution in [0.1, 0.15) is 72.0 Å². The highest BCUT2D eigenvalue weighted by Gasteiger charge is 2.34. The van der Waals surface area contributed by atoms with Gasteiger partial charge in [-0.2, -0.15) is 10.1 Å². The summed E-state index contributed by atoms with van der Waals surface area (Å²) in [7, 11) is 0. The molecule has 0 bridgehead atoms. The van der Waals surface area contributed by atoms with E-state index >= 15 is 0 Å². The average Bonchev–Trinajstić information content (AvgIpc) is 3.20. The first-order chi connectivity index (χ1) is 11.6. The molecule has 2 aromatic heterocycles. The van der Waals surface area contributed by atoms with Crippen LogP contribution in [0.5, 0.6) is 0 Å². The summed E-state index contributed by atoms with van der Waals surface area (Å²) in [6, 6.07) is 1.96. The summed E-state index contributed by atoms with van der Waals surface area (Å²) in [5, 5.41) is 8.43. The number of aryl methyl sites for hydroxylation is 2. The monoisotopic (exact) mass is 329 g/mol. The molecule has 0 spiro atoms. The quantitative estimate of drug-likeness (QED) is 0.858. The minimum absolute atomic E-state index is 0.00516. The molecule has 0 radical (unpaired) electrons. The molecule has 2 aliphatic rings. The highest BCUT2D eigenvalue weighted by molar-refractivity contribution is 5.80. The van der Waals surface area contributed by atoms with Crippen molar-refractivity contribution >= 4 is 5.91 Å². The summed E-state index contributed by atoms with van der Waals surface area (Å²) in [4.78, 5) is 19.4. The maximum atomic E-state index is 12.6. The van der Waals surface area contributed by atoms with Crippen molar-refractivity contribution in [2.45, 2.75) is 57.9 Å². The fourth-order valence-corrected chi connectivity index (χ4v) is 3.47. The molecule has 1 aliphatic heterocycles. The molecule has 1 atom stereocenters. The lowest BCUT2D eigenvalue weighted by Gasteiger charge is -2.32. The van der Waals surface area contributed by atoms with E-state index in [1.54, 1.807) is 0 Å².